The first-order valence-electron chi connectivity index (χ1n) is 6.04. The molecule has 0 bridgehead atoms. The van der Waals surface area contributed by atoms with Gasteiger partial charge in [0.2, 0.25) is 0 Å². The topological polar surface area (TPSA) is 75.1 Å². The van der Waals surface area contributed by atoms with E-state index in [1.165, 1.54) is 11.8 Å². The average molecular weight is 289 g/mol. The highest BCUT2D eigenvalue weighted by molar-refractivity contribution is 7.98. The van der Waals surface area contributed by atoms with Gasteiger partial charge in [0, 0.05) is 11.1 Å². The highest BCUT2D eigenvalue weighted by Crippen LogP contribution is 2.27. The second-order valence-electron chi connectivity index (χ2n) is 4.14. The molecule has 104 valence electrons. The number of carbonyl (C=O) groups is 1. The molecule has 0 spiro atoms. The third kappa shape index (κ3) is 3.27. The molecule has 2 N–H and O–H groups in total. The second-order valence-corrected chi connectivity index (χ2v) is 4.98. The lowest BCUT2D eigenvalue weighted by molar-refractivity contribution is 0.0694. The van der Waals surface area contributed by atoms with Crippen LogP contribution in [0.1, 0.15) is 21.9 Å². The Bertz CT molecular complexity index is 632. The number of carboxylic acid groups (broad SMARTS) is 1. The second kappa shape index (κ2) is 6.38. The molecule has 1 aromatic heterocycles. The molecule has 20 heavy (non-hydrogen) atoms. The monoisotopic (exact) mass is 289 g/mol. The van der Waals surface area contributed by atoms with Crippen molar-refractivity contribution >= 4 is 23.4 Å². The van der Waals surface area contributed by atoms with Gasteiger partial charge in [0.25, 0.3) is 0 Å². The first-order valence-corrected chi connectivity index (χ1v) is 7.27. The molecule has 5 nitrogen and oxygen atoms in total. The van der Waals surface area contributed by atoms with Gasteiger partial charge in [-0.1, -0.05) is 6.07 Å². The number of nitrogens with one attached hydrogen (secondary N) is 1. The fourth-order valence-electron chi connectivity index (χ4n) is 1.86. The van der Waals surface area contributed by atoms with Crippen LogP contribution in [0.25, 0.3) is 0 Å². The van der Waals surface area contributed by atoms with E-state index in [4.69, 9.17) is 0 Å². The van der Waals surface area contributed by atoms with E-state index in [-0.39, 0.29) is 0 Å². The quantitative estimate of drug-likeness (QED) is 0.824. The number of aryl methyl sites for hydroxylation is 1. The summed E-state index contributed by atoms with van der Waals surface area (Å²) in [4.78, 5) is 20.4. The smallest absolute Gasteiger partial charge is 0.338 e. The van der Waals surface area contributed by atoms with Crippen LogP contribution in [0.3, 0.4) is 0 Å². The highest BCUT2D eigenvalue weighted by atomic mass is 32.2. The van der Waals surface area contributed by atoms with Crippen LogP contribution in [0, 0.1) is 6.92 Å². The van der Waals surface area contributed by atoms with Crippen molar-refractivity contribution in [2.75, 3.05) is 11.6 Å². The van der Waals surface area contributed by atoms with E-state index in [1.807, 2.05) is 19.2 Å². The molecule has 0 aliphatic rings. The van der Waals surface area contributed by atoms with Gasteiger partial charge in [0.1, 0.15) is 5.82 Å². The van der Waals surface area contributed by atoms with Crippen LogP contribution < -0.4 is 5.32 Å². The SMILES string of the molecule is CSc1cccc(NCc2ccnc(C)n2)c1C(=O)O. The van der Waals surface area contributed by atoms with E-state index in [2.05, 4.69) is 15.3 Å². The minimum atomic E-state index is -0.934. The van der Waals surface area contributed by atoms with Crippen LogP contribution in [-0.2, 0) is 6.54 Å². The Balaban J connectivity index is 2.23. The maximum absolute atomic E-state index is 11.4. The van der Waals surface area contributed by atoms with Crippen molar-refractivity contribution in [3.05, 3.63) is 47.5 Å². The molecule has 0 saturated heterocycles. The maximum Gasteiger partial charge on any atom is 0.338 e. The van der Waals surface area contributed by atoms with Crippen molar-refractivity contribution in [1.29, 1.82) is 0 Å². The molecule has 6 heteroatoms. The fraction of sp³-hybridized carbons (Fsp3) is 0.214. The van der Waals surface area contributed by atoms with Gasteiger partial charge in [-0.05, 0) is 31.4 Å². The summed E-state index contributed by atoms with van der Waals surface area (Å²) >= 11 is 1.42. The number of carboxylic acids is 1. The molecule has 0 atom stereocenters. The number of anilines is 1. The summed E-state index contributed by atoms with van der Waals surface area (Å²) in [7, 11) is 0. The van der Waals surface area contributed by atoms with Crippen LogP contribution in [0.4, 0.5) is 5.69 Å². The molecular formula is C14H15N3O2S. The number of hydrogen-bond donors (Lipinski definition) is 2. The summed E-state index contributed by atoms with van der Waals surface area (Å²) in [6.07, 6.45) is 3.55. The summed E-state index contributed by atoms with van der Waals surface area (Å²) in [5.41, 5.74) is 1.72. The summed E-state index contributed by atoms with van der Waals surface area (Å²) < 4.78 is 0. The number of rotatable bonds is 5. The highest BCUT2D eigenvalue weighted by Gasteiger charge is 2.14. The van der Waals surface area contributed by atoms with E-state index in [9.17, 15) is 9.90 Å². The van der Waals surface area contributed by atoms with Crippen molar-refractivity contribution in [1.82, 2.24) is 9.97 Å². The van der Waals surface area contributed by atoms with E-state index in [1.54, 1.807) is 24.4 Å². The first-order chi connectivity index (χ1) is 9.61. The van der Waals surface area contributed by atoms with Crippen molar-refractivity contribution in [3.8, 4) is 0 Å². The van der Waals surface area contributed by atoms with Gasteiger partial charge in [-0.3, -0.25) is 0 Å². The predicted octanol–water partition coefficient (Wildman–Crippen LogP) is 2.82. The number of aromatic carboxylic acids is 1. The number of hydrogen-bond acceptors (Lipinski definition) is 5. The molecule has 2 aromatic rings. The molecule has 0 amide bonds. The van der Waals surface area contributed by atoms with Crippen molar-refractivity contribution in [2.45, 2.75) is 18.4 Å². The van der Waals surface area contributed by atoms with Crippen molar-refractivity contribution in [2.24, 2.45) is 0 Å². The Hall–Kier alpha value is -2.08. The van der Waals surface area contributed by atoms with E-state index >= 15 is 0 Å². The van der Waals surface area contributed by atoms with Crippen molar-refractivity contribution in [3.63, 3.8) is 0 Å². The standard InChI is InChI=1S/C14H15N3O2S/c1-9-15-7-6-10(17-9)8-16-11-4-3-5-12(20-2)13(11)14(18)19/h3-7,16H,8H2,1-2H3,(H,18,19). The zero-order valence-corrected chi connectivity index (χ0v) is 12.1. The normalized spacial score (nSPS) is 10.3. The van der Waals surface area contributed by atoms with Crippen LogP contribution in [0.15, 0.2) is 35.4 Å². The molecule has 0 saturated carbocycles. The Morgan fingerprint density at radius 3 is 2.85 bits per heavy atom. The average Bonchev–Trinajstić information content (AvgIpc) is 2.44. The number of thioether (sulfide) groups is 1. The number of benzene rings is 1. The molecule has 1 aromatic carbocycles. The summed E-state index contributed by atoms with van der Waals surface area (Å²) in [6.45, 7) is 2.28. The molecule has 0 fully saturated rings. The van der Waals surface area contributed by atoms with Gasteiger partial charge < -0.3 is 10.4 Å². The molecular weight excluding hydrogens is 274 g/mol. The van der Waals surface area contributed by atoms with E-state index in [0.717, 1.165) is 10.6 Å². The zero-order valence-electron chi connectivity index (χ0n) is 11.3. The summed E-state index contributed by atoms with van der Waals surface area (Å²) in [5, 5.41) is 12.5. The lowest BCUT2D eigenvalue weighted by atomic mass is 10.1. The van der Waals surface area contributed by atoms with Gasteiger partial charge in [0.15, 0.2) is 0 Å². The molecule has 0 unspecified atom stereocenters. The van der Waals surface area contributed by atoms with Gasteiger partial charge in [-0.25, -0.2) is 14.8 Å². The summed E-state index contributed by atoms with van der Waals surface area (Å²) in [6, 6.07) is 7.20. The third-order valence-corrected chi connectivity index (χ3v) is 3.53. The van der Waals surface area contributed by atoms with Crippen LogP contribution >= 0.6 is 11.8 Å². The lowest BCUT2D eigenvalue weighted by Gasteiger charge is -2.12. The maximum atomic E-state index is 11.4. The van der Waals surface area contributed by atoms with Gasteiger partial charge >= 0.3 is 5.97 Å². The Morgan fingerprint density at radius 2 is 2.20 bits per heavy atom. The Kier molecular flexibility index (Phi) is 4.57. The fourth-order valence-corrected chi connectivity index (χ4v) is 2.47. The number of aromatic nitrogens is 2. The van der Waals surface area contributed by atoms with E-state index in [0.29, 0.717) is 23.6 Å². The molecule has 0 aliphatic carbocycles. The van der Waals surface area contributed by atoms with Crippen LogP contribution in [-0.4, -0.2) is 27.3 Å². The largest absolute Gasteiger partial charge is 0.478 e. The first kappa shape index (κ1) is 14.3. The molecule has 0 radical (unpaired) electrons. The third-order valence-electron chi connectivity index (χ3n) is 2.75. The molecule has 0 aliphatic heterocycles. The predicted molar refractivity (Wildman–Crippen MR) is 79.3 cm³/mol. The van der Waals surface area contributed by atoms with Crippen molar-refractivity contribution < 1.29 is 9.90 Å². The van der Waals surface area contributed by atoms with Gasteiger partial charge in [-0.15, -0.1) is 11.8 Å². The Labute approximate surface area is 121 Å². The summed E-state index contributed by atoms with van der Waals surface area (Å²) in [5.74, 6) is -0.239. The number of nitrogens with zero attached hydrogens (tertiary/aromatic N) is 2. The van der Waals surface area contributed by atoms with E-state index < -0.39 is 5.97 Å². The lowest BCUT2D eigenvalue weighted by Crippen LogP contribution is -2.09. The van der Waals surface area contributed by atoms with Gasteiger partial charge in [-0.2, -0.15) is 0 Å². The Morgan fingerprint density at radius 1 is 1.40 bits per heavy atom. The van der Waals surface area contributed by atoms with Crippen LogP contribution in [0.2, 0.25) is 0 Å². The zero-order chi connectivity index (χ0) is 14.5. The minimum Gasteiger partial charge on any atom is -0.478 e. The van der Waals surface area contributed by atoms with Gasteiger partial charge in [0.05, 0.1) is 23.5 Å². The molecule has 1 heterocycles. The minimum absolute atomic E-state index is 0.297. The molecule has 2 rings (SSSR count). The van der Waals surface area contributed by atoms with Crippen LogP contribution in [0.5, 0.6) is 0 Å².